The van der Waals surface area contributed by atoms with Gasteiger partial charge in [0.1, 0.15) is 0 Å². The maximum Gasteiger partial charge on any atom is 0.179 e. The Balaban J connectivity index is 1.93. The van der Waals surface area contributed by atoms with Gasteiger partial charge >= 0.3 is 0 Å². The lowest BCUT2D eigenvalue weighted by Crippen LogP contribution is -2.35. The Morgan fingerprint density at radius 2 is 2.15 bits per heavy atom. The van der Waals surface area contributed by atoms with Gasteiger partial charge in [-0.05, 0) is 49.0 Å². The van der Waals surface area contributed by atoms with E-state index in [0.29, 0.717) is 30.1 Å². The summed E-state index contributed by atoms with van der Waals surface area (Å²) in [5, 5.41) is 4.17. The molecular weight excluding hydrogens is 274 g/mol. The molecule has 0 radical (unpaired) electrons. The predicted molar refractivity (Wildman–Crippen MR) is 81.1 cm³/mol. The number of rotatable bonds is 2. The van der Waals surface area contributed by atoms with E-state index in [1.807, 2.05) is 0 Å². The Hall–Kier alpha value is -0.930. The number of benzene rings is 1. The second kappa shape index (κ2) is 6.23. The van der Waals surface area contributed by atoms with Crippen molar-refractivity contribution in [2.45, 2.75) is 32.1 Å². The predicted octanol–water partition coefficient (Wildman–Crippen LogP) is 3.60. The number of nitrogens with one attached hydrogen (secondary N) is 1. The summed E-state index contributed by atoms with van der Waals surface area (Å²) in [4.78, 5) is 0. The SMILES string of the molecule is CCC1CNCCC1c1cc(Cl)c2c(c1)OCCCO2. The minimum Gasteiger partial charge on any atom is -0.489 e. The fourth-order valence-corrected chi connectivity index (χ4v) is 3.53. The van der Waals surface area contributed by atoms with Gasteiger partial charge in [0.15, 0.2) is 11.5 Å². The minimum atomic E-state index is 0.566. The smallest absolute Gasteiger partial charge is 0.179 e. The number of fused-ring (bicyclic) bond motifs is 1. The molecule has 20 heavy (non-hydrogen) atoms. The summed E-state index contributed by atoms with van der Waals surface area (Å²) in [6.07, 6.45) is 3.25. The minimum absolute atomic E-state index is 0.566. The normalized spacial score (nSPS) is 26.1. The molecule has 1 aromatic rings. The average molecular weight is 296 g/mol. The third kappa shape index (κ3) is 2.75. The largest absolute Gasteiger partial charge is 0.489 e. The molecule has 2 aliphatic heterocycles. The lowest BCUT2D eigenvalue weighted by atomic mass is 9.80. The molecular formula is C16H22ClNO2. The molecule has 3 rings (SSSR count). The van der Waals surface area contributed by atoms with E-state index in [9.17, 15) is 0 Å². The third-order valence-electron chi connectivity index (χ3n) is 4.38. The van der Waals surface area contributed by atoms with Gasteiger partial charge < -0.3 is 14.8 Å². The molecule has 2 atom stereocenters. The van der Waals surface area contributed by atoms with Crippen LogP contribution in [0.3, 0.4) is 0 Å². The van der Waals surface area contributed by atoms with Crippen LogP contribution in [0.4, 0.5) is 0 Å². The fraction of sp³-hybridized carbons (Fsp3) is 0.625. The first-order chi connectivity index (χ1) is 9.79. The molecule has 2 heterocycles. The number of hydrogen-bond donors (Lipinski definition) is 1. The van der Waals surface area contributed by atoms with E-state index in [1.54, 1.807) is 0 Å². The van der Waals surface area contributed by atoms with Crippen molar-refractivity contribution in [3.8, 4) is 11.5 Å². The van der Waals surface area contributed by atoms with E-state index in [2.05, 4.69) is 24.4 Å². The van der Waals surface area contributed by atoms with Gasteiger partial charge in [-0.25, -0.2) is 0 Å². The van der Waals surface area contributed by atoms with Crippen molar-refractivity contribution in [3.63, 3.8) is 0 Å². The standard InChI is InChI=1S/C16H22ClNO2/c1-2-11-10-18-5-4-13(11)12-8-14(17)16-15(9-12)19-6-3-7-20-16/h8-9,11,13,18H,2-7,10H2,1H3. The van der Waals surface area contributed by atoms with Crippen LogP contribution in [0.2, 0.25) is 5.02 Å². The van der Waals surface area contributed by atoms with Crippen LogP contribution < -0.4 is 14.8 Å². The topological polar surface area (TPSA) is 30.5 Å². The van der Waals surface area contributed by atoms with Gasteiger partial charge in [-0.15, -0.1) is 0 Å². The lowest BCUT2D eigenvalue weighted by molar-refractivity contribution is 0.296. The maximum absolute atomic E-state index is 6.41. The molecule has 110 valence electrons. The van der Waals surface area contributed by atoms with Crippen LogP contribution in [-0.2, 0) is 0 Å². The first kappa shape index (κ1) is 14.0. The molecule has 4 heteroatoms. The van der Waals surface area contributed by atoms with Crippen LogP contribution in [0.25, 0.3) is 0 Å². The molecule has 0 amide bonds. The molecule has 0 saturated carbocycles. The average Bonchev–Trinajstić information content (AvgIpc) is 2.73. The monoisotopic (exact) mass is 295 g/mol. The van der Waals surface area contributed by atoms with Crippen LogP contribution >= 0.6 is 11.6 Å². The van der Waals surface area contributed by atoms with Gasteiger partial charge in [0.05, 0.1) is 18.2 Å². The first-order valence-electron chi connectivity index (χ1n) is 7.59. The molecule has 2 aliphatic rings. The summed E-state index contributed by atoms with van der Waals surface area (Å²) < 4.78 is 11.5. The Labute approximate surface area is 125 Å². The van der Waals surface area contributed by atoms with Crippen molar-refractivity contribution in [1.29, 1.82) is 0 Å². The lowest BCUT2D eigenvalue weighted by Gasteiger charge is -2.32. The molecule has 1 fully saturated rings. The molecule has 0 spiro atoms. The summed E-state index contributed by atoms with van der Waals surface area (Å²) in [6.45, 7) is 5.81. The van der Waals surface area contributed by atoms with Crippen LogP contribution in [0, 0.1) is 5.92 Å². The van der Waals surface area contributed by atoms with Crippen molar-refractivity contribution in [2.75, 3.05) is 26.3 Å². The highest BCUT2D eigenvalue weighted by Crippen LogP contribution is 2.42. The number of ether oxygens (including phenoxy) is 2. The Kier molecular flexibility index (Phi) is 4.37. The van der Waals surface area contributed by atoms with E-state index in [-0.39, 0.29) is 0 Å². The summed E-state index contributed by atoms with van der Waals surface area (Å²) in [6, 6.07) is 4.22. The number of halogens is 1. The quantitative estimate of drug-likeness (QED) is 0.904. The molecule has 1 N–H and O–H groups in total. The summed E-state index contributed by atoms with van der Waals surface area (Å²) >= 11 is 6.41. The van der Waals surface area contributed by atoms with E-state index < -0.39 is 0 Å². The van der Waals surface area contributed by atoms with Crippen molar-refractivity contribution in [3.05, 3.63) is 22.7 Å². The third-order valence-corrected chi connectivity index (χ3v) is 4.67. The zero-order chi connectivity index (χ0) is 13.9. The van der Waals surface area contributed by atoms with Crippen molar-refractivity contribution in [1.82, 2.24) is 5.32 Å². The van der Waals surface area contributed by atoms with Gasteiger partial charge in [0, 0.05) is 6.42 Å². The van der Waals surface area contributed by atoms with Crippen molar-refractivity contribution >= 4 is 11.6 Å². The number of hydrogen-bond acceptors (Lipinski definition) is 3. The molecule has 0 aliphatic carbocycles. The fourth-order valence-electron chi connectivity index (χ4n) is 3.26. The van der Waals surface area contributed by atoms with Crippen LogP contribution in [-0.4, -0.2) is 26.3 Å². The molecule has 0 aromatic heterocycles. The van der Waals surface area contributed by atoms with Gasteiger partial charge in [-0.3, -0.25) is 0 Å². The van der Waals surface area contributed by atoms with E-state index in [0.717, 1.165) is 37.4 Å². The van der Waals surface area contributed by atoms with Crippen LogP contribution in [0.1, 0.15) is 37.7 Å². The highest BCUT2D eigenvalue weighted by atomic mass is 35.5. The zero-order valence-electron chi connectivity index (χ0n) is 12.0. The maximum atomic E-state index is 6.41. The highest BCUT2D eigenvalue weighted by molar-refractivity contribution is 6.32. The first-order valence-corrected chi connectivity index (χ1v) is 7.97. The van der Waals surface area contributed by atoms with Gasteiger partial charge in [-0.2, -0.15) is 0 Å². The van der Waals surface area contributed by atoms with E-state index in [4.69, 9.17) is 21.1 Å². The second-order valence-corrected chi connectivity index (χ2v) is 6.06. The molecule has 0 bridgehead atoms. The van der Waals surface area contributed by atoms with Gasteiger partial charge in [0.25, 0.3) is 0 Å². The van der Waals surface area contributed by atoms with Crippen molar-refractivity contribution in [2.24, 2.45) is 5.92 Å². The van der Waals surface area contributed by atoms with Crippen molar-refractivity contribution < 1.29 is 9.47 Å². The molecule has 2 unspecified atom stereocenters. The summed E-state index contributed by atoms with van der Waals surface area (Å²) in [5.74, 6) is 2.77. The number of piperidine rings is 1. The Morgan fingerprint density at radius 1 is 1.30 bits per heavy atom. The molecule has 1 saturated heterocycles. The highest BCUT2D eigenvalue weighted by Gasteiger charge is 2.27. The Bertz CT molecular complexity index is 478. The van der Waals surface area contributed by atoms with Crippen LogP contribution in [0.15, 0.2) is 12.1 Å². The van der Waals surface area contributed by atoms with E-state index >= 15 is 0 Å². The molecule has 3 nitrogen and oxygen atoms in total. The van der Waals surface area contributed by atoms with E-state index in [1.165, 1.54) is 12.0 Å². The molecule has 1 aromatic carbocycles. The van der Waals surface area contributed by atoms with Gasteiger partial charge in [-0.1, -0.05) is 24.9 Å². The van der Waals surface area contributed by atoms with Gasteiger partial charge in [0.2, 0.25) is 0 Å². The van der Waals surface area contributed by atoms with Crippen LogP contribution in [0.5, 0.6) is 11.5 Å². The Morgan fingerprint density at radius 3 is 3.00 bits per heavy atom. The zero-order valence-corrected chi connectivity index (χ0v) is 12.7. The summed E-state index contributed by atoms with van der Waals surface area (Å²) in [5.41, 5.74) is 1.30. The second-order valence-electron chi connectivity index (χ2n) is 5.65. The summed E-state index contributed by atoms with van der Waals surface area (Å²) in [7, 11) is 0.